The van der Waals surface area contributed by atoms with Gasteiger partial charge in [-0.05, 0) is 13.0 Å². The van der Waals surface area contributed by atoms with E-state index in [9.17, 15) is 4.39 Å². The molecule has 0 spiro atoms. The summed E-state index contributed by atoms with van der Waals surface area (Å²) in [6.07, 6.45) is 2.27. The van der Waals surface area contributed by atoms with E-state index >= 15 is 0 Å². The van der Waals surface area contributed by atoms with Crippen LogP contribution in [-0.4, -0.2) is 17.6 Å². The molecule has 0 amide bonds. The lowest BCUT2D eigenvalue weighted by molar-refractivity contribution is 0.290. The molecular weight excluding hydrogens is 231 g/mol. The minimum absolute atomic E-state index is 0.0688. The second kappa shape index (κ2) is 7.11. The first-order valence-electron chi connectivity index (χ1n) is 6.14. The van der Waals surface area contributed by atoms with Crippen LogP contribution >= 0.6 is 0 Å². The first-order valence-corrected chi connectivity index (χ1v) is 6.14. The first-order chi connectivity index (χ1) is 8.50. The molecule has 4 heteroatoms. The van der Waals surface area contributed by atoms with Crippen LogP contribution < -0.4 is 10.1 Å². The predicted octanol–water partition coefficient (Wildman–Crippen LogP) is 3.06. The average molecular weight is 252 g/mol. The number of aromatic nitrogens is 1. The van der Waals surface area contributed by atoms with Crippen LogP contribution in [0.15, 0.2) is 24.4 Å². The van der Waals surface area contributed by atoms with Crippen LogP contribution in [0.4, 0.5) is 4.39 Å². The van der Waals surface area contributed by atoms with Crippen molar-refractivity contribution < 1.29 is 9.13 Å². The molecule has 0 unspecified atom stereocenters. The van der Waals surface area contributed by atoms with Crippen LogP contribution in [-0.2, 0) is 6.54 Å². The smallest absolute Gasteiger partial charge is 0.250 e. The van der Waals surface area contributed by atoms with Gasteiger partial charge >= 0.3 is 0 Å². The molecule has 0 saturated heterocycles. The van der Waals surface area contributed by atoms with Gasteiger partial charge in [0.05, 0.1) is 6.61 Å². The molecule has 0 aromatic carbocycles. The Bertz CT molecular complexity index is 405. The fourth-order valence-electron chi connectivity index (χ4n) is 1.34. The number of ether oxygens (including phenoxy) is 1. The van der Waals surface area contributed by atoms with Crippen LogP contribution in [0.1, 0.15) is 32.8 Å². The third kappa shape index (κ3) is 4.84. The van der Waals surface area contributed by atoms with Crippen molar-refractivity contribution in [1.82, 2.24) is 10.3 Å². The Morgan fingerprint density at radius 1 is 1.56 bits per heavy atom. The summed E-state index contributed by atoms with van der Waals surface area (Å²) in [6, 6.07) is 1.97. The molecule has 0 aliphatic heterocycles. The maximum Gasteiger partial charge on any atom is 0.250 e. The van der Waals surface area contributed by atoms with Crippen molar-refractivity contribution in [2.75, 3.05) is 6.61 Å². The Balaban J connectivity index is 2.63. The molecule has 3 nitrogen and oxygen atoms in total. The lowest BCUT2D eigenvalue weighted by Gasteiger charge is -2.11. The molecule has 0 fully saturated rings. The molecule has 0 radical (unpaired) electrons. The highest BCUT2D eigenvalue weighted by molar-refractivity contribution is 5.23. The lowest BCUT2D eigenvalue weighted by Crippen LogP contribution is -2.22. The second-order valence-electron chi connectivity index (χ2n) is 4.68. The highest BCUT2D eigenvalue weighted by atomic mass is 19.1. The van der Waals surface area contributed by atoms with Gasteiger partial charge in [0, 0.05) is 30.8 Å². The number of nitrogens with one attached hydrogen (secondary N) is 1. The number of pyridine rings is 1. The lowest BCUT2D eigenvalue weighted by atomic mass is 10.2. The molecule has 0 atom stereocenters. The van der Waals surface area contributed by atoms with Gasteiger partial charge in [0.25, 0.3) is 5.88 Å². The summed E-state index contributed by atoms with van der Waals surface area (Å²) in [5.74, 6) is -0.313. The fourth-order valence-corrected chi connectivity index (χ4v) is 1.34. The number of hydrogen-bond acceptors (Lipinski definition) is 3. The summed E-state index contributed by atoms with van der Waals surface area (Å²) < 4.78 is 19.3. The molecule has 0 bridgehead atoms. The van der Waals surface area contributed by atoms with E-state index < -0.39 is 0 Å². The number of rotatable bonds is 7. The SMILES string of the molecule is C=C(C)CCOc1nccc(CNC(C)C)c1F. The van der Waals surface area contributed by atoms with E-state index in [2.05, 4.69) is 16.9 Å². The summed E-state index contributed by atoms with van der Waals surface area (Å²) in [5, 5.41) is 3.17. The van der Waals surface area contributed by atoms with Crippen molar-refractivity contribution >= 4 is 0 Å². The summed E-state index contributed by atoms with van der Waals surface area (Å²) in [4.78, 5) is 3.91. The standard InChI is InChI=1S/C14H21FN2O/c1-10(2)6-8-18-14-13(15)12(5-7-16-14)9-17-11(3)4/h5,7,11,17H,1,6,8-9H2,2-4H3. The zero-order valence-electron chi connectivity index (χ0n) is 11.3. The van der Waals surface area contributed by atoms with E-state index in [0.29, 0.717) is 31.2 Å². The van der Waals surface area contributed by atoms with E-state index in [1.54, 1.807) is 12.3 Å². The Kier molecular flexibility index (Phi) is 5.78. The van der Waals surface area contributed by atoms with Crippen molar-refractivity contribution in [3.63, 3.8) is 0 Å². The zero-order valence-corrected chi connectivity index (χ0v) is 11.3. The van der Waals surface area contributed by atoms with Gasteiger partial charge in [-0.3, -0.25) is 0 Å². The largest absolute Gasteiger partial charge is 0.475 e. The molecule has 0 aliphatic carbocycles. The topological polar surface area (TPSA) is 34.1 Å². The zero-order chi connectivity index (χ0) is 13.5. The minimum atomic E-state index is -0.382. The Morgan fingerprint density at radius 2 is 2.28 bits per heavy atom. The molecule has 1 aromatic heterocycles. The van der Waals surface area contributed by atoms with Gasteiger partial charge in [0.2, 0.25) is 0 Å². The van der Waals surface area contributed by atoms with Gasteiger partial charge in [0.1, 0.15) is 0 Å². The normalized spacial score (nSPS) is 10.7. The number of nitrogens with zero attached hydrogens (tertiary/aromatic N) is 1. The van der Waals surface area contributed by atoms with Gasteiger partial charge in [-0.2, -0.15) is 0 Å². The van der Waals surface area contributed by atoms with E-state index in [-0.39, 0.29) is 11.7 Å². The highest BCUT2D eigenvalue weighted by Crippen LogP contribution is 2.17. The van der Waals surface area contributed by atoms with Crippen molar-refractivity contribution in [1.29, 1.82) is 0 Å². The molecule has 18 heavy (non-hydrogen) atoms. The van der Waals surface area contributed by atoms with Gasteiger partial charge in [-0.1, -0.05) is 19.4 Å². The Labute approximate surface area is 108 Å². The highest BCUT2D eigenvalue weighted by Gasteiger charge is 2.10. The minimum Gasteiger partial charge on any atom is -0.475 e. The third-order valence-electron chi connectivity index (χ3n) is 2.41. The van der Waals surface area contributed by atoms with Crippen LogP contribution in [0.3, 0.4) is 0 Å². The predicted molar refractivity (Wildman–Crippen MR) is 71.1 cm³/mol. The van der Waals surface area contributed by atoms with E-state index in [0.717, 1.165) is 5.57 Å². The van der Waals surface area contributed by atoms with E-state index in [1.165, 1.54) is 0 Å². The molecule has 1 aromatic rings. The summed E-state index contributed by atoms with van der Waals surface area (Å²) in [7, 11) is 0. The maximum absolute atomic E-state index is 14.0. The molecule has 1 heterocycles. The number of halogens is 1. The van der Waals surface area contributed by atoms with E-state index in [4.69, 9.17) is 4.74 Å². The van der Waals surface area contributed by atoms with Crippen molar-refractivity contribution in [3.05, 3.63) is 35.8 Å². The Hall–Kier alpha value is -1.42. The third-order valence-corrected chi connectivity index (χ3v) is 2.41. The molecule has 0 saturated carbocycles. The molecule has 0 aliphatic rings. The monoisotopic (exact) mass is 252 g/mol. The molecule has 1 N–H and O–H groups in total. The van der Waals surface area contributed by atoms with Crippen LogP contribution in [0, 0.1) is 5.82 Å². The average Bonchev–Trinajstić information content (AvgIpc) is 2.29. The van der Waals surface area contributed by atoms with Crippen molar-refractivity contribution in [2.24, 2.45) is 0 Å². The molecule has 1 rings (SSSR count). The van der Waals surface area contributed by atoms with Gasteiger partial charge < -0.3 is 10.1 Å². The maximum atomic E-state index is 14.0. The number of hydrogen-bond donors (Lipinski definition) is 1. The van der Waals surface area contributed by atoms with Crippen molar-refractivity contribution in [3.8, 4) is 5.88 Å². The summed E-state index contributed by atoms with van der Waals surface area (Å²) >= 11 is 0. The van der Waals surface area contributed by atoms with Gasteiger partial charge in [-0.15, -0.1) is 6.58 Å². The summed E-state index contributed by atoms with van der Waals surface area (Å²) in [5.41, 5.74) is 1.58. The quantitative estimate of drug-likeness (QED) is 0.757. The molecular formula is C14H21FN2O. The fraction of sp³-hybridized carbons (Fsp3) is 0.500. The van der Waals surface area contributed by atoms with Gasteiger partial charge in [0.15, 0.2) is 5.82 Å². The van der Waals surface area contributed by atoms with Crippen LogP contribution in [0.5, 0.6) is 5.88 Å². The summed E-state index contributed by atoms with van der Waals surface area (Å²) in [6.45, 7) is 10.6. The van der Waals surface area contributed by atoms with E-state index in [1.807, 2.05) is 20.8 Å². The van der Waals surface area contributed by atoms with Crippen molar-refractivity contribution in [2.45, 2.75) is 39.8 Å². The first kappa shape index (κ1) is 14.6. The van der Waals surface area contributed by atoms with Gasteiger partial charge in [-0.25, -0.2) is 9.37 Å². The second-order valence-corrected chi connectivity index (χ2v) is 4.68. The molecule has 100 valence electrons. The van der Waals surface area contributed by atoms with Crippen LogP contribution in [0.2, 0.25) is 0 Å². The van der Waals surface area contributed by atoms with Crippen LogP contribution in [0.25, 0.3) is 0 Å². The Morgan fingerprint density at radius 3 is 2.89 bits per heavy atom.